The van der Waals surface area contributed by atoms with Crippen LogP contribution in [0.25, 0.3) is 0 Å². The first kappa shape index (κ1) is 14.2. The number of nitrogens with two attached hydrogens (primary N) is 1. The quantitative estimate of drug-likeness (QED) is 0.829. The second-order valence-corrected chi connectivity index (χ2v) is 6.37. The van der Waals surface area contributed by atoms with Gasteiger partial charge in [-0.15, -0.1) is 0 Å². The molecule has 17 heavy (non-hydrogen) atoms. The fourth-order valence-electron chi connectivity index (χ4n) is 1.21. The van der Waals surface area contributed by atoms with Gasteiger partial charge in [0.1, 0.15) is 0 Å². The minimum Gasteiger partial charge on any atom is -0.399 e. The van der Waals surface area contributed by atoms with Crippen molar-refractivity contribution in [2.75, 3.05) is 18.5 Å². The molecule has 0 aromatic heterocycles. The third-order valence-electron chi connectivity index (χ3n) is 2.41. The summed E-state index contributed by atoms with van der Waals surface area (Å²) in [5.41, 5.74) is 6.62. The predicted molar refractivity (Wildman–Crippen MR) is 75.8 cm³/mol. The molecular weight excluding hydrogens is 256 g/mol. The lowest BCUT2D eigenvalue weighted by Gasteiger charge is -2.22. The fraction of sp³-hybridized carbons (Fsp3) is 0.417. The van der Waals surface area contributed by atoms with Gasteiger partial charge < -0.3 is 11.1 Å². The van der Waals surface area contributed by atoms with Crippen LogP contribution >= 0.6 is 23.4 Å². The van der Waals surface area contributed by atoms with Gasteiger partial charge in [-0.05, 0) is 38.3 Å². The Labute approximate surface area is 111 Å². The van der Waals surface area contributed by atoms with Crippen molar-refractivity contribution >= 4 is 35.0 Å². The van der Waals surface area contributed by atoms with E-state index in [0.717, 1.165) is 0 Å². The first-order chi connectivity index (χ1) is 7.84. The zero-order valence-electron chi connectivity index (χ0n) is 10.2. The van der Waals surface area contributed by atoms with Gasteiger partial charge in [0.2, 0.25) is 0 Å². The highest BCUT2D eigenvalue weighted by Gasteiger charge is 2.17. The van der Waals surface area contributed by atoms with E-state index in [1.165, 1.54) is 0 Å². The first-order valence-electron chi connectivity index (χ1n) is 5.23. The molecule has 3 nitrogen and oxygen atoms in total. The monoisotopic (exact) mass is 272 g/mol. The molecule has 0 unspecified atom stereocenters. The van der Waals surface area contributed by atoms with Crippen molar-refractivity contribution < 1.29 is 4.79 Å². The van der Waals surface area contributed by atoms with E-state index in [1.807, 2.05) is 6.26 Å². The molecule has 3 N–H and O–H groups in total. The number of nitrogen functional groups attached to an aromatic ring is 1. The fourth-order valence-corrected chi connectivity index (χ4v) is 1.67. The summed E-state index contributed by atoms with van der Waals surface area (Å²) in [6.45, 7) is 4.74. The molecule has 0 fully saturated rings. The average Bonchev–Trinajstić information content (AvgIpc) is 2.24. The Kier molecular flexibility index (Phi) is 4.71. The van der Waals surface area contributed by atoms with Gasteiger partial charge in [-0.3, -0.25) is 4.79 Å². The van der Waals surface area contributed by atoms with Crippen molar-refractivity contribution in [1.82, 2.24) is 5.32 Å². The summed E-state index contributed by atoms with van der Waals surface area (Å²) < 4.78 is 0.0137. The number of halogens is 1. The third-order valence-corrected chi connectivity index (χ3v) is 3.88. The number of hydrogen-bond acceptors (Lipinski definition) is 3. The van der Waals surface area contributed by atoms with Crippen LogP contribution in [-0.2, 0) is 0 Å². The Morgan fingerprint density at radius 2 is 2.12 bits per heavy atom. The van der Waals surface area contributed by atoms with Gasteiger partial charge in [0.05, 0.1) is 0 Å². The van der Waals surface area contributed by atoms with Crippen LogP contribution in [0.1, 0.15) is 24.2 Å². The number of thioether (sulfide) groups is 1. The Hall–Kier alpha value is -0.870. The van der Waals surface area contributed by atoms with Crippen LogP contribution in [0.15, 0.2) is 18.2 Å². The van der Waals surface area contributed by atoms with Gasteiger partial charge in [-0.25, -0.2) is 0 Å². The SMILES string of the molecule is CSC(C)(C)CNC(=O)c1cc(N)cc(Cl)c1. The zero-order chi connectivity index (χ0) is 13.1. The summed E-state index contributed by atoms with van der Waals surface area (Å²) in [4.78, 5) is 11.9. The van der Waals surface area contributed by atoms with Crippen molar-refractivity contribution in [3.8, 4) is 0 Å². The van der Waals surface area contributed by atoms with Crippen molar-refractivity contribution in [3.05, 3.63) is 28.8 Å². The van der Waals surface area contributed by atoms with E-state index in [9.17, 15) is 4.79 Å². The highest BCUT2D eigenvalue weighted by atomic mass is 35.5. The largest absolute Gasteiger partial charge is 0.399 e. The molecule has 1 aromatic rings. The third kappa shape index (κ3) is 4.48. The van der Waals surface area contributed by atoms with Crippen molar-refractivity contribution in [2.24, 2.45) is 0 Å². The summed E-state index contributed by atoms with van der Waals surface area (Å²) in [5, 5.41) is 3.34. The zero-order valence-corrected chi connectivity index (χ0v) is 11.8. The van der Waals surface area contributed by atoms with Crippen molar-refractivity contribution in [2.45, 2.75) is 18.6 Å². The molecule has 0 saturated heterocycles. The highest BCUT2D eigenvalue weighted by Crippen LogP contribution is 2.20. The lowest BCUT2D eigenvalue weighted by atomic mass is 10.1. The van der Waals surface area contributed by atoms with Crippen LogP contribution in [0, 0.1) is 0 Å². The number of benzene rings is 1. The van der Waals surface area contributed by atoms with E-state index in [0.29, 0.717) is 22.8 Å². The molecule has 0 heterocycles. The number of anilines is 1. The predicted octanol–water partition coefficient (Wildman–Crippen LogP) is 2.79. The number of rotatable bonds is 4. The maximum absolute atomic E-state index is 11.9. The maximum Gasteiger partial charge on any atom is 0.251 e. The molecule has 0 bridgehead atoms. The molecular formula is C12H17ClN2OS. The Bertz CT molecular complexity index is 401. The second-order valence-electron chi connectivity index (χ2n) is 4.42. The number of carbonyl (C=O) groups excluding carboxylic acids is 1. The van der Waals surface area contributed by atoms with Gasteiger partial charge in [0.15, 0.2) is 0 Å². The Morgan fingerprint density at radius 1 is 1.47 bits per heavy atom. The van der Waals surface area contributed by atoms with Crippen LogP contribution in [0.4, 0.5) is 5.69 Å². The molecule has 94 valence electrons. The van der Waals surface area contributed by atoms with E-state index in [-0.39, 0.29) is 10.7 Å². The standard InChI is InChI=1S/C12H17ClN2OS/c1-12(2,17-3)7-15-11(16)8-4-9(13)6-10(14)5-8/h4-6H,7,14H2,1-3H3,(H,15,16). The van der Waals surface area contributed by atoms with Gasteiger partial charge in [-0.2, -0.15) is 11.8 Å². The molecule has 0 atom stereocenters. The van der Waals surface area contributed by atoms with E-state index in [1.54, 1.807) is 30.0 Å². The van der Waals surface area contributed by atoms with Gasteiger partial charge in [-0.1, -0.05) is 11.6 Å². The van der Waals surface area contributed by atoms with Crippen LogP contribution in [0.3, 0.4) is 0 Å². The molecule has 0 saturated carbocycles. The van der Waals surface area contributed by atoms with Crippen molar-refractivity contribution in [1.29, 1.82) is 0 Å². The average molecular weight is 273 g/mol. The first-order valence-corrected chi connectivity index (χ1v) is 6.84. The number of hydrogen-bond donors (Lipinski definition) is 2. The normalized spacial score (nSPS) is 11.3. The summed E-state index contributed by atoms with van der Waals surface area (Å²) >= 11 is 7.55. The molecule has 5 heteroatoms. The van der Waals surface area contributed by atoms with Crippen LogP contribution in [0.2, 0.25) is 5.02 Å². The van der Waals surface area contributed by atoms with Crippen LogP contribution in [0.5, 0.6) is 0 Å². The molecule has 1 aromatic carbocycles. The van der Waals surface area contributed by atoms with E-state index < -0.39 is 0 Å². The lowest BCUT2D eigenvalue weighted by molar-refractivity contribution is 0.0951. The lowest BCUT2D eigenvalue weighted by Crippen LogP contribution is -2.36. The number of amides is 1. The van der Waals surface area contributed by atoms with E-state index >= 15 is 0 Å². The summed E-state index contributed by atoms with van der Waals surface area (Å²) in [6.07, 6.45) is 2.02. The molecule has 0 spiro atoms. The maximum atomic E-state index is 11.9. The molecule has 0 aliphatic heterocycles. The van der Waals surface area contributed by atoms with Gasteiger partial charge in [0.25, 0.3) is 5.91 Å². The van der Waals surface area contributed by atoms with Crippen LogP contribution < -0.4 is 11.1 Å². The van der Waals surface area contributed by atoms with E-state index in [2.05, 4.69) is 19.2 Å². The summed E-state index contributed by atoms with van der Waals surface area (Å²) in [5.74, 6) is -0.152. The number of carbonyl (C=O) groups is 1. The summed E-state index contributed by atoms with van der Waals surface area (Å²) in [7, 11) is 0. The van der Waals surface area contributed by atoms with Gasteiger partial charge >= 0.3 is 0 Å². The molecule has 0 aliphatic rings. The van der Waals surface area contributed by atoms with E-state index in [4.69, 9.17) is 17.3 Å². The number of nitrogens with one attached hydrogen (secondary N) is 1. The minimum absolute atomic E-state index is 0.0137. The second kappa shape index (κ2) is 5.65. The molecule has 1 rings (SSSR count). The Balaban J connectivity index is 2.70. The highest BCUT2D eigenvalue weighted by molar-refractivity contribution is 7.99. The topological polar surface area (TPSA) is 55.1 Å². The molecule has 1 amide bonds. The van der Waals surface area contributed by atoms with Gasteiger partial charge in [0, 0.05) is 27.6 Å². The smallest absolute Gasteiger partial charge is 0.251 e. The Morgan fingerprint density at radius 3 is 2.65 bits per heavy atom. The van der Waals surface area contributed by atoms with Crippen molar-refractivity contribution in [3.63, 3.8) is 0 Å². The molecule has 0 radical (unpaired) electrons. The minimum atomic E-state index is -0.152. The summed E-state index contributed by atoms with van der Waals surface area (Å²) in [6, 6.07) is 4.84. The molecule has 0 aliphatic carbocycles. The van der Waals surface area contributed by atoms with Crippen LogP contribution in [-0.4, -0.2) is 23.5 Å².